The molecule has 9 heteroatoms. The van der Waals surface area contributed by atoms with E-state index in [0.717, 1.165) is 11.3 Å². The van der Waals surface area contributed by atoms with E-state index in [1.54, 1.807) is 0 Å². The summed E-state index contributed by atoms with van der Waals surface area (Å²) in [6.07, 6.45) is 0. The lowest BCUT2D eigenvalue weighted by Gasteiger charge is -1.90. The summed E-state index contributed by atoms with van der Waals surface area (Å²) < 4.78 is 0. The third kappa shape index (κ3) is 2.97. The van der Waals surface area contributed by atoms with Crippen LogP contribution in [0.15, 0.2) is 10.5 Å². The third-order valence-corrected chi connectivity index (χ3v) is 1.74. The van der Waals surface area contributed by atoms with Crippen molar-refractivity contribution in [2.45, 2.75) is 0 Å². The van der Waals surface area contributed by atoms with Crippen molar-refractivity contribution in [3.05, 3.63) is 11.1 Å². The molecule has 0 aliphatic carbocycles. The number of hydrogen-bond donors (Lipinski definition) is 3. The predicted octanol–water partition coefficient (Wildman–Crippen LogP) is -1.66. The molecule has 0 radical (unpaired) electrons. The minimum Gasteiger partial charge on any atom is -0.476 e. The Balaban J connectivity index is 0. The van der Waals surface area contributed by atoms with E-state index in [0.29, 0.717) is 0 Å². The van der Waals surface area contributed by atoms with Crippen LogP contribution in [0.25, 0.3) is 0 Å². The summed E-state index contributed by atoms with van der Waals surface area (Å²) in [5.74, 6) is -1.34. The number of aliphatic carboxylic acids is 1. The number of nitrogen functional groups attached to an aromatic ring is 1. The second kappa shape index (κ2) is 5.85. The van der Waals surface area contributed by atoms with Crippen molar-refractivity contribution in [1.29, 1.82) is 0 Å². The summed E-state index contributed by atoms with van der Waals surface area (Å²) in [7, 11) is 0. The zero-order chi connectivity index (χ0) is 9.14. The van der Waals surface area contributed by atoms with Crippen molar-refractivity contribution in [3.8, 4) is 0 Å². The van der Waals surface area contributed by atoms with Gasteiger partial charge in [0.1, 0.15) is 5.69 Å². The number of nitrogens with zero attached hydrogens (tertiary/aromatic N) is 2. The van der Waals surface area contributed by atoms with Crippen molar-refractivity contribution >= 4 is 28.1 Å². The second-order valence-electron chi connectivity index (χ2n) is 1.82. The monoisotopic (exact) mass is 223 g/mol. The molecule has 0 aromatic carbocycles. The molecule has 0 saturated carbocycles. The quantitative estimate of drug-likeness (QED) is 0.308. The Bertz CT molecular complexity index is 336. The highest BCUT2D eigenvalue weighted by Crippen LogP contribution is 2.11. The Hall–Kier alpha value is -1.71. The molecule has 0 fully saturated rings. The van der Waals surface area contributed by atoms with Crippen LogP contribution in [0.4, 0.5) is 5.13 Å². The summed E-state index contributed by atoms with van der Waals surface area (Å²) in [5, 5.41) is 21.0. The van der Waals surface area contributed by atoms with Gasteiger partial charge in [-0.15, -0.1) is 11.3 Å². The van der Waals surface area contributed by atoms with Crippen LogP contribution in [0.5, 0.6) is 0 Å². The first-order chi connectivity index (χ1) is 5.65. The molecule has 0 aliphatic heterocycles. The predicted molar refractivity (Wildman–Crippen MR) is 49.7 cm³/mol. The number of carboxylic acid groups (broad SMARTS) is 1. The maximum atomic E-state index is 10.4. The first kappa shape index (κ1) is 14.8. The van der Waals surface area contributed by atoms with Gasteiger partial charge in [0.05, 0.1) is 0 Å². The van der Waals surface area contributed by atoms with Gasteiger partial charge in [-0.1, -0.05) is 5.16 Å². The number of rotatable bonds is 2. The van der Waals surface area contributed by atoms with Gasteiger partial charge in [0.25, 0.3) is 0 Å². The van der Waals surface area contributed by atoms with Crippen LogP contribution in [-0.2, 0) is 4.79 Å². The van der Waals surface area contributed by atoms with E-state index in [2.05, 4.69) is 10.1 Å². The number of nitrogens with two attached hydrogens (primary N) is 1. The summed E-state index contributed by atoms with van der Waals surface area (Å²) >= 11 is 1.08. The minimum atomic E-state index is -1.34. The SMILES string of the molecule is Nc1nc(C(=NO)C(=O)O)cs1.O.O. The highest BCUT2D eigenvalue weighted by molar-refractivity contribution is 7.13. The van der Waals surface area contributed by atoms with Gasteiger partial charge in [0, 0.05) is 5.38 Å². The zero-order valence-corrected chi connectivity index (χ0v) is 7.58. The maximum absolute atomic E-state index is 10.4. The lowest BCUT2D eigenvalue weighted by molar-refractivity contribution is -0.129. The van der Waals surface area contributed by atoms with Gasteiger partial charge in [-0.25, -0.2) is 9.78 Å². The molecule has 0 aliphatic rings. The molecule has 0 amide bonds. The number of oxime groups is 1. The van der Waals surface area contributed by atoms with Gasteiger partial charge in [-0.2, -0.15) is 0 Å². The van der Waals surface area contributed by atoms with Gasteiger partial charge < -0.3 is 27.0 Å². The summed E-state index contributed by atoms with van der Waals surface area (Å²) in [6.45, 7) is 0. The van der Waals surface area contributed by atoms with Crippen molar-refractivity contribution in [2.24, 2.45) is 5.16 Å². The third-order valence-electron chi connectivity index (χ3n) is 1.07. The van der Waals surface area contributed by atoms with E-state index in [1.807, 2.05) is 0 Å². The summed E-state index contributed by atoms with van der Waals surface area (Å²) in [4.78, 5) is 14.0. The average molecular weight is 223 g/mol. The molecule has 0 bridgehead atoms. The molecule has 1 heterocycles. The molecular weight excluding hydrogens is 214 g/mol. The smallest absolute Gasteiger partial charge is 0.360 e. The highest BCUT2D eigenvalue weighted by Gasteiger charge is 2.15. The van der Waals surface area contributed by atoms with Crippen molar-refractivity contribution in [2.75, 3.05) is 5.73 Å². The largest absolute Gasteiger partial charge is 0.476 e. The number of carbonyl (C=O) groups is 1. The number of thiazole rings is 1. The van der Waals surface area contributed by atoms with Crippen molar-refractivity contribution in [1.82, 2.24) is 4.98 Å². The van der Waals surface area contributed by atoms with E-state index >= 15 is 0 Å². The molecule has 14 heavy (non-hydrogen) atoms. The van der Waals surface area contributed by atoms with Crippen LogP contribution >= 0.6 is 11.3 Å². The van der Waals surface area contributed by atoms with Crippen LogP contribution in [0.2, 0.25) is 0 Å². The lowest BCUT2D eigenvalue weighted by Crippen LogP contribution is -2.14. The molecule has 8 N–H and O–H groups in total. The van der Waals surface area contributed by atoms with E-state index in [4.69, 9.17) is 16.0 Å². The molecule has 0 saturated heterocycles. The normalized spacial score (nSPS) is 9.86. The standard InChI is InChI=1S/C5H5N3O3S.2H2O/c6-5-7-2(1-12-5)3(8-11)4(9)10;;/h1,11H,(H2,6,7)(H,9,10);2*1H2. The molecule has 1 rings (SSSR count). The van der Waals surface area contributed by atoms with Crippen LogP contribution in [-0.4, -0.2) is 37.9 Å². The van der Waals surface area contributed by atoms with Crippen molar-refractivity contribution < 1.29 is 26.1 Å². The zero-order valence-electron chi connectivity index (χ0n) is 6.76. The fourth-order valence-electron chi connectivity index (χ4n) is 0.600. The Morgan fingerprint density at radius 3 is 2.43 bits per heavy atom. The van der Waals surface area contributed by atoms with Gasteiger partial charge >= 0.3 is 5.97 Å². The first-order valence-electron chi connectivity index (χ1n) is 2.82. The molecule has 0 spiro atoms. The van der Waals surface area contributed by atoms with Gasteiger partial charge in [-0.05, 0) is 0 Å². The molecule has 0 unspecified atom stereocenters. The van der Waals surface area contributed by atoms with Crippen LogP contribution in [0.1, 0.15) is 5.69 Å². The highest BCUT2D eigenvalue weighted by atomic mass is 32.1. The van der Waals surface area contributed by atoms with E-state index < -0.39 is 11.7 Å². The Morgan fingerprint density at radius 2 is 2.14 bits per heavy atom. The van der Waals surface area contributed by atoms with Crippen LogP contribution in [0, 0.1) is 0 Å². The topological polar surface area (TPSA) is 172 Å². The number of aromatic nitrogens is 1. The maximum Gasteiger partial charge on any atom is 0.360 e. The Labute approximate surface area is 81.9 Å². The number of hydrogen-bond acceptors (Lipinski definition) is 6. The van der Waals surface area contributed by atoms with Gasteiger partial charge in [0.2, 0.25) is 5.71 Å². The Kier molecular flexibility index (Phi) is 6.19. The lowest BCUT2D eigenvalue weighted by atomic mass is 10.3. The summed E-state index contributed by atoms with van der Waals surface area (Å²) in [6, 6.07) is 0. The number of carboxylic acids is 1. The average Bonchev–Trinajstić information content (AvgIpc) is 2.37. The van der Waals surface area contributed by atoms with Crippen LogP contribution in [0.3, 0.4) is 0 Å². The minimum absolute atomic E-state index is 0. The second-order valence-corrected chi connectivity index (χ2v) is 2.71. The van der Waals surface area contributed by atoms with Crippen molar-refractivity contribution in [3.63, 3.8) is 0 Å². The summed E-state index contributed by atoms with van der Waals surface area (Å²) in [5.41, 5.74) is 4.80. The van der Waals surface area contributed by atoms with E-state index in [1.165, 1.54) is 5.38 Å². The van der Waals surface area contributed by atoms with Gasteiger partial charge in [-0.3, -0.25) is 0 Å². The van der Waals surface area contributed by atoms with E-state index in [9.17, 15) is 4.79 Å². The fraction of sp³-hybridized carbons (Fsp3) is 0. The molecule has 8 nitrogen and oxygen atoms in total. The van der Waals surface area contributed by atoms with E-state index in [-0.39, 0.29) is 21.8 Å². The Morgan fingerprint density at radius 1 is 1.57 bits per heavy atom. The first-order valence-corrected chi connectivity index (χ1v) is 3.70. The molecule has 1 aromatic heterocycles. The van der Waals surface area contributed by atoms with Crippen LogP contribution < -0.4 is 5.73 Å². The fourth-order valence-corrected chi connectivity index (χ4v) is 1.15. The molecule has 80 valence electrons. The molecule has 0 atom stereocenters. The van der Waals surface area contributed by atoms with Gasteiger partial charge in [0.15, 0.2) is 5.13 Å². The molecule has 1 aromatic rings. The molecular formula is C5H9N3O5S. The number of anilines is 1.